The van der Waals surface area contributed by atoms with E-state index in [2.05, 4.69) is 53.2 Å². The minimum atomic E-state index is 0.487. The molecule has 0 saturated carbocycles. The molecule has 1 aliphatic rings. The number of hydrogen-bond acceptors (Lipinski definition) is 2. The first kappa shape index (κ1) is 12.4. The van der Waals surface area contributed by atoms with Crippen molar-refractivity contribution in [2.45, 2.75) is 32.4 Å². The average Bonchev–Trinajstić information content (AvgIpc) is 2.88. The minimum absolute atomic E-state index is 0.487. The van der Waals surface area contributed by atoms with Crippen LogP contribution in [0.3, 0.4) is 0 Å². The van der Waals surface area contributed by atoms with Crippen molar-refractivity contribution >= 4 is 0 Å². The normalized spacial score (nSPS) is 19.7. The fraction of sp³-hybridized carbons (Fsp3) is 0.353. The fourth-order valence-corrected chi connectivity index (χ4v) is 2.99. The summed E-state index contributed by atoms with van der Waals surface area (Å²) in [6, 6.07) is 15.4. The van der Waals surface area contributed by atoms with E-state index in [-0.39, 0.29) is 0 Å². The van der Waals surface area contributed by atoms with Crippen LogP contribution in [-0.2, 0) is 6.54 Å². The van der Waals surface area contributed by atoms with Crippen molar-refractivity contribution in [3.05, 3.63) is 65.5 Å². The second-order valence-electron chi connectivity index (χ2n) is 5.32. The number of aryl methyl sites for hydroxylation is 1. The molecule has 1 atom stereocenters. The molecule has 1 fully saturated rings. The first-order chi connectivity index (χ1) is 9.34. The molecule has 2 heteroatoms. The highest BCUT2D eigenvalue weighted by Crippen LogP contribution is 2.33. The summed E-state index contributed by atoms with van der Waals surface area (Å²) in [5.74, 6) is 0. The number of pyridine rings is 1. The van der Waals surface area contributed by atoms with Crippen LogP contribution in [0.5, 0.6) is 0 Å². The molecule has 19 heavy (non-hydrogen) atoms. The molecule has 1 aliphatic heterocycles. The Hall–Kier alpha value is -1.67. The van der Waals surface area contributed by atoms with E-state index in [0.717, 1.165) is 6.54 Å². The van der Waals surface area contributed by atoms with Gasteiger partial charge in [-0.15, -0.1) is 0 Å². The van der Waals surface area contributed by atoms with Crippen LogP contribution in [0.2, 0.25) is 0 Å². The van der Waals surface area contributed by atoms with Gasteiger partial charge in [0.1, 0.15) is 0 Å². The average molecular weight is 252 g/mol. The number of benzene rings is 1. The van der Waals surface area contributed by atoms with Crippen LogP contribution >= 0.6 is 0 Å². The third-order valence-corrected chi connectivity index (χ3v) is 3.96. The molecule has 1 aromatic heterocycles. The van der Waals surface area contributed by atoms with Gasteiger partial charge in [-0.1, -0.05) is 36.4 Å². The van der Waals surface area contributed by atoms with Gasteiger partial charge < -0.3 is 0 Å². The van der Waals surface area contributed by atoms with Crippen LogP contribution < -0.4 is 0 Å². The predicted octanol–water partition coefficient (Wildman–Crippen LogP) is 3.73. The molecule has 2 heterocycles. The molecule has 0 unspecified atom stereocenters. The Labute approximate surface area is 115 Å². The minimum Gasteiger partial charge on any atom is -0.291 e. The van der Waals surface area contributed by atoms with Crippen LogP contribution in [0.1, 0.15) is 35.7 Å². The Morgan fingerprint density at radius 2 is 2.00 bits per heavy atom. The molecule has 2 nitrogen and oxygen atoms in total. The maximum absolute atomic E-state index is 4.61. The van der Waals surface area contributed by atoms with Gasteiger partial charge in [0.15, 0.2) is 0 Å². The number of hydrogen-bond donors (Lipinski definition) is 0. The highest BCUT2D eigenvalue weighted by molar-refractivity contribution is 5.23. The molecule has 1 saturated heterocycles. The van der Waals surface area contributed by atoms with Crippen molar-refractivity contribution in [3.63, 3.8) is 0 Å². The molecule has 1 aromatic carbocycles. The number of aromatic nitrogens is 1. The highest BCUT2D eigenvalue weighted by atomic mass is 15.2. The zero-order chi connectivity index (χ0) is 13.1. The smallest absolute Gasteiger partial charge is 0.0604 e. The maximum atomic E-state index is 4.61. The first-order valence-electron chi connectivity index (χ1n) is 7.04. The van der Waals surface area contributed by atoms with E-state index in [0.29, 0.717) is 6.04 Å². The Morgan fingerprint density at radius 1 is 1.16 bits per heavy atom. The summed E-state index contributed by atoms with van der Waals surface area (Å²) in [4.78, 5) is 7.17. The molecule has 3 rings (SSSR count). The van der Waals surface area contributed by atoms with Gasteiger partial charge in [-0.3, -0.25) is 9.88 Å². The number of nitrogens with zero attached hydrogens (tertiary/aromatic N) is 2. The van der Waals surface area contributed by atoms with Gasteiger partial charge in [0.2, 0.25) is 0 Å². The Kier molecular flexibility index (Phi) is 3.60. The summed E-state index contributed by atoms with van der Waals surface area (Å²) in [6.45, 7) is 4.37. The van der Waals surface area contributed by atoms with E-state index in [4.69, 9.17) is 0 Å². The largest absolute Gasteiger partial charge is 0.291 e. The summed E-state index contributed by atoms with van der Waals surface area (Å²) < 4.78 is 0. The highest BCUT2D eigenvalue weighted by Gasteiger charge is 2.27. The molecular formula is C17H20N2. The van der Waals surface area contributed by atoms with Crippen LogP contribution in [0, 0.1) is 6.92 Å². The lowest BCUT2D eigenvalue weighted by molar-refractivity contribution is 0.243. The van der Waals surface area contributed by atoms with Crippen molar-refractivity contribution in [1.29, 1.82) is 0 Å². The second kappa shape index (κ2) is 5.54. The van der Waals surface area contributed by atoms with Gasteiger partial charge in [0.25, 0.3) is 0 Å². The monoisotopic (exact) mass is 252 g/mol. The SMILES string of the molecule is Cc1cccnc1[C@@H]1CCCN1Cc1ccccc1. The topological polar surface area (TPSA) is 16.1 Å². The lowest BCUT2D eigenvalue weighted by Crippen LogP contribution is -2.24. The van der Waals surface area contributed by atoms with Crippen LogP contribution in [0.25, 0.3) is 0 Å². The van der Waals surface area contributed by atoms with E-state index < -0.39 is 0 Å². The first-order valence-corrected chi connectivity index (χ1v) is 7.04. The Bertz CT molecular complexity index is 536. The number of rotatable bonds is 3. The molecule has 0 N–H and O–H groups in total. The summed E-state index contributed by atoms with van der Waals surface area (Å²) in [7, 11) is 0. The van der Waals surface area contributed by atoms with Crippen molar-refractivity contribution in [2.24, 2.45) is 0 Å². The van der Waals surface area contributed by atoms with Crippen LogP contribution in [0.15, 0.2) is 48.7 Å². The molecule has 0 aliphatic carbocycles. The molecule has 2 aromatic rings. The lowest BCUT2D eigenvalue weighted by atomic mass is 10.1. The Balaban J connectivity index is 1.81. The molecule has 0 spiro atoms. The zero-order valence-corrected chi connectivity index (χ0v) is 11.4. The Morgan fingerprint density at radius 3 is 2.79 bits per heavy atom. The lowest BCUT2D eigenvalue weighted by Gasteiger charge is -2.25. The van der Waals surface area contributed by atoms with Gasteiger partial charge >= 0.3 is 0 Å². The second-order valence-corrected chi connectivity index (χ2v) is 5.32. The summed E-state index contributed by atoms with van der Waals surface area (Å²) >= 11 is 0. The van der Waals surface area contributed by atoms with Crippen LogP contribution in [-0.4, -0.2) is 16.4 Å². The summed E-state index contributed by atoms with van der Waals surface area (Å²) in [6.07, 6.45) is 4.42. The molecule has 0 radical (unpaired) electrons. The van der Waals surface area contributed by atoms with Crippen molar-refractivity contribution in [3.8, 4) is 0 Å². The summed E-state index contributed by atoms with van der Waals surface area (Å²) in [5.41, 5.74) is 3.96. The standard InChI is InChI=1S/C17H20N2/c1-14-7-5-11-18-17(14)16-10-6-12-19(16)13-15-8-3-2-4-9-15/h2-5,7-9,11,16H,6,10,12-13H2,1H3/t16-/m0/s1. The molecule has 0 bridgehead atoms. The van der Waals surface area contributed by atoms with E-state index >= 15 is 0 Å². The van der Waals surface area contributed by atoms with E-state index in [1.807, 2.05) is 12.3 Å². The predicted molar refractivity (Wildman–Crippen MR) is 77.8 cm³/mol. The van der Waals surface area contributed by atoms with Gasteiger partial charge in [0.05, 0.1) is 11.7 Å². The third-order valence-electron chi connectivity index (χ3n) is 3.96. The summed E-state index contributed by atoms with van der Waals surface area (Å²) in [5, 5.41) is 0. The molecule has 0 amide bonds. The van der Waals surface area contributed by atoms with Crippen molar-refractivity contribution < 1.29 is 0 Å². The van der Waals surface area contributed by atoms with E-state index in [1.54, 1.807) is 0 Å². The van der Waals surface area contributed by atoms with Gasteiger partial charge in [-0.05, 0) is 43.5 Å². The van der Waals surface area contributed by atoms with E-state index in [1.165, 1.54) is 36.2 Å². The third kappa shape index (κ3) is 2.69. The van der Waals surface area contributed by atoms with Gasteiger partial charge in [-0.2, -0.15) is 0 Å². The van der Waals surface area contributed by atoms with Gasteiger partial charge in [-0.25, -0.2) is 0 Å². The number of likely N-dealkylation sites (tertiary alicyclic amines) is 1. The fourth-order valence-electron chi connectivity index (χ4n) is 2.99. The maximum Gasteiger partial charge on any atom is 0.0604 e. The van der Waals surface area contributed by atoms with E-state index in [9.17, 15) is 0 Å². The molecular weight excluding hydrogens is 232 g/mol. The zero-order valence-electron chi connectivity index (χ0n) is 11.4. The van der Waals surface area contributed by atoms with Gasteiger partial charge in [0, 0.05) is 12.7 Å². The van der Waals surface area contributed by atoms with Crippen molar-refractivity contribution in [1.82, 2.24) is 9.88 Å². The van der Waals surface area contributed by atoms with Crippen LogP contribution in [0.4, 0.5) is 0 Å². The quantitative estimate of drug-likeness (QED) is 0.827. The van der Waals surface area contributed by atoms with Crippen molar-refractivity contribution in [2.75, 3.05) is 6.54 Å². The molecule has 98 valence electrons.